The lowest BCUT2D eigenvalue weighted by molar-refractivity contribution is -0.123. The van der Waals surface area contributed by atoms with Crippen molar-refractivity contribution < 1.29 is 9.59 Å². The van der Waals surface area contributed by atoms with Crippen LogP contribution in [0.1, 0.15) is 28.8 Å². The van der Waals surface area contributed by atoms with E-state index in [2.05, 4.69) is 5.32 Å². The molecule has 0 saturated carbocycles. The molecule has 3 N–H and O–H groups in total. The van der Waals surface area contributed by atoms with Crippen LogP contribution in [-0.4, -0.2) is 36.3 Å². The minimum absolute atomic E-state index is 0. The number of hydrogen-bond acceptors (Lipinski definition) is 3. The van der Waals surface area contributed by atoms with Crippen LogP contribution in [0.3, 0.4) is 0 Å². The minimum Gasteiger partial charge on any atom is -0.384 e. The Bertz CT molecular complexity index is 562. The number of amides is 2. The van der Waals surface area contributed by atoms with Crippen molar-refractivity contribution in [2.75, 3.05) is 25.0 Å². The molecule has 0 radical (unpaired) electrons. The van der Waals surface area contributed by atoms with E-state index in [1.54, 1.807) is 4.90 Å². The summed E-state index contributed by atoms with van der Waals surface area (Å²) in [5, 5.41) is 3.28. The van der Waals surface area contributed by atoms with Crippen LogP contribution in [-0.2, 0) is 11.2 Å². The van der Waals surface area contributed by atoms with Gasteiger partial charge in [0.15, 0.2) is 0 Å². The van der Waals surface area contributed by atoms with E-state index in [0.717, 1.165) is 31.5 Å². The van der Waals surface area contributed by atoms with E-state index >= 15 is 0 Å². The number of primary amides is 1. The number of anilines is 1. The van der Waals surface area contributed by atoms with Crippen LogP contribution in [0, 0.1) is 5.92 Å². The van der Waals surface area contributed by atoms with Gasteiger partial charge in [0.2, 0.25) is 5.91 Å². The van der Waals surface area contributed by atoms with Crippen molar-refractivity contribution in [2.24, 2.45) is 11.7 Å². The molecule has 114 valence electrons. The fourth-order valence-electron chi connectivity index (χ4n) is 3.01. The first-order valence-corrected chi connectivity index (χ1v) is 7.10. The quantitative estimate of drug-likeness (QED) is 0.867. The Hall–Kier alpha value is -1.75. The Morgan fingerprint density at radius 3 is 2.90 bits per heavy atom. The maximum atomic E-state index is 12.5. The van der Waals surface area contributed by atoms with Crippen LogP contribution < -0.4 is 11.1 Å². The number of nitrogens with one attached hydrogen (secondary N) is 1. The zero-order valence-corrected chi connectivity index (χ0v) is 12.6. The second-order valence-corrected chi connectivity index (χ2v) is 5.54. The number of halogens is 1. The molecular weight excluding hydrogens is 290 g/mol. The van der Waals surface area contributed by atoms with Gasteiger partial charge in [0, 0.05) is 30.9 Å². The largest absolute Gasteiger partial charge is 0.384 e. The van der Waals surface area contributed by atoms with E-state index in [1.165, 1.54) is 5.56 Å². The van der Waals surface area contributed by atoms with E-state index < -0.39 is 0 Å². The van der Waals surface area contributed by atoms with Crippen LogP contribution in [0.25, 0.3) is 0 Å². The van der Waals surface area contributed by atoms with Crippen LogP contribution in [0.15, 0.2) is 18.2 Å². The van der Waals surface area contributed by atoms with E-state index in [0.29, 0.717) is 18.7 Å². The standard InChI is InChI=1S/C15H19N3O2.ClH/c16-14(19)12-2-1-7-18(9-12)15(20)11-3-4-13-10(8-11)5-6-17-13;/h3-4,8,12,17H,1-2,5-7,9H2,(H2,16,19);1H. The van der Waals surface area contributed by atoms with Crippen molar-refractivity contribution in [2.45, 2.75) is 19.3 Å². The molecular formula is C15H20ClN3O2. The Kier molecular flexibility index (Phi) is 4.73. The smallest absolute Gasteiger partial charge is 0.253 e. The lowest BCUT2D eigenvalue weighted by atomic mass is 9.96. The molecule has 0 bridgehead atoms. The molecule has 1 aromatic rings. The zero-order chi connectivity index (χ0) is 14.1. The predicted molar refractivity (Wildman–Crippen MR) is 83.7 cm³/mol. The van der Waals surface area contributed by atoms with E-state index in [4.69, 9.17) is 5.73 Å². The summed E-state index contributed by atoms with van der Waals surface area (Å²) in [6.07, 6.45) is 2.58. The van der Waals surface area contributed by atoms with Gasteiger partial charge in [-0.3, -0.25) is 9.59 Å². The molecule has 2 amide bonds. The third kappa shape index (κ3) is 3.13. The van der Waals surface area contributed by atoms with E-state index in [1.807, 2.05) is 18.2 Å². The first kappa shape index (κ1) is 15.6. The van der Waals surface area contributed by atoms with Gasteiger partial charge in [-0.15, -0.1) is 12.4 Å². The monoisotopic (exact) mass is 309 g/mol. The Labute approximate surface area is 130 Å². The van der Waals surface area contributed by atoms with Crippen molar-refractivity contribution in [1.82, 2.24) is 4.90 Å². The normalized spacial score (nSPS) is 20.2. The lowest BCUT2D eigenvalue weighted by Gasteiger charge is -2.31. The summed E-state index contributed by atoms with van der Waals surface area (Å²) in [4.78, 5) is 25.6. The topological polar surface area (TPSA) is 75.4 Å². The summed E-state index contributed by atoms with van der Waals surface area (Å²) >= 11 is 0. The van der Waals surface area contributed by atoms with Crippen molar-refractivity contribution in [1.29, 1.82) is 0 Å². The first-order valence-electron chi connectivity index (χ1n) is 7.10. The summed E-state index contributed by atoms with van der Waals surface area (Å²) in [6, 6.07) is 5.78. The molecule has 21 heavy (non-hydrogen) atoms. The van der Waals surface area contributed by atoms with Gasteiger partial charge >= 0.3 is 0 Å². The van der Waals surface area contributed by atoms with Crippen LogP contribution in [0.5, 0.6) is 0 Å². The number of rotatable bonds is 2. The van der Waals surface area contributed by atoms with Crippen molar-refractivity contribution in [3.63, 3.8) is 0 Å². The summed E-state index contributed by atoms with van der Waals surface area (Å²) in [5.74, 6) is -0.505. The fourth-order valence-corrected chi connectivity index (χ4v) is 3.01. The van der Waals surface area contributed by atoms with Crippen molar-refractivity contribution >= 4 is 29.9 Å². The molecule has 2 aliphatic rings. The minimum atomic E-state index is -0.305. The second-order valence-electron chi connectivity index (χ2n) is 5.54. The van der Waals surface area contributed by atoms with Crippen LogP contribution in [0.4, 0.5) is 5.69 Å². The van der Waals surface area contributed by atoms with Gasteiger partial charge in [0.25, 0.3) is 5.91 Å². The van der Waals surface area contributed by atoms with Crippen LogP contribution >= 0.6 is 12.4 Å². The van der Waals surface area contributed by atoms with E-state index in [9.17, 15) is 9.59 Å². The highest BCUT2D eigenvalue weighted by molar-refractivity contribution is 5.95. The van der Waals surface area contributed by atoms with Crippen LogP contribution in [0.2, 0.25) is 0 Å². The number of nitrogens with two attached hydrogens (primary N) is 1. The molecule has 0 aliphatic carbocycles. The Balaban J connectivity index is 0.00000161. The predicted octanol–water partition coefficient (Wildman–Crippen LogP) is 1.41. The number of likely N-dealkylation sites (tertiary alicyclic amines) is 1. The summed E-state index contributed by atoms with van der Waals surface area (Å²) in [7, 11) is 0. The Morgan fingerprint density at radius 1 is 1.33 bits per heavy atom. The molecule has 0 spiro atoms. The van der Waals surface area contributed by atoms with Gasteiger partial charge in [-0.25, -0.2) is 0 Å². The molecule has 3 rings (SSSR count). The van der Waals surface area contributed by atoms with Gasteiger partial charge in [-0.1, -0.05) is 0 Å². The molecule has 1 unspecified atom stereocenters. The molecule has 5 nitrogen and oxygen atoms in total. The number of carbonyl (C=O) groups is 2. The highest BCUT2D eigenvalue weighted by Crippen LogP contribution is 2.25. The SMILES string of the molecule is Cl.NC(=O)C1CCCN(C(=O)c2ccc3c(c2)CCN3)C1. The summed E-state index contributed by atoms with van der Waals surface area (Å²) in [5.41, 5.74) is 8.38. The molecule has 1 aromatic carbocycles. The molecule has 6 heteroatoms. The molecule has 0 aromatic heterocycles. The number of fused-ring (bicyclic) bond motifs is 1. The maximum absolute atomic E-state index is 12.5. The van der Waals surface area contributed by atoms with Crippen molar-refractivity contribution in [3.8, 4) is 0 Å². The zero-order valence-electron chi connectivity index (χ0n) is 11.8. The number of piperidine rings is 1. The third-order valence-electron chi connectivity index (χ3n) is 4.17. The van der Waals surface area contributed by atoms with Gasteiger partial charge in [0.1, 0.15) is 0 Å². The number of hydrogen-bond donors (Lipinski definition) is 2. The average molecular weight is 310 g/mol. The maximum Gasteiger partial charge on any atom is 0.253 e. The molecule has 1 saturated heterocycles. The molecule has 1 atom stereocenters. The fraction of sp³-hybridized carbons (Fsp3) is 0.467. The molecule has 1 fully saturated rings. The van der Waals surface area contributed by atoms with Gasteiger partial charge < -0.3 is 16.0 Å². The molecule has 2 aliphatic heterocycles. The van der Waals surface area contributed by atoms with Gasteiger partial charge in [-0.05, 0) is 43.0 Å². The molecule has 2 heterocycles. The van der Waals surface area contributed by atoms with Gasteiger partial charge in [-0.2, -0.15) is 0 Å². The Morgan fingerprint density at radius 2 is 2.14 bits per heavy atom. The average Bonchev–Trinajstić information content (AvgIpc) is 2.94. The number of benzene rings is 1. The third-order valence-corrected chi connectivity index (χ3v) is 4.17. The second kappa shape index (κ2) is 6.35. The van der Waals surface area contributed by atoms with E-state index in [-0.39, 0.29) is 30.1 Å². The highest BCUT2D eigenvalue weighted by Gasteiger charge is 2.28. The lowest BCUT2D eigenvalue weighted by Crippen LogP contribution is -2.44. The summed E-state index contributed by atoms with van der Waals surface area (Å²) < 4.78 is 0. The number of nitrogens with zero attached hydrogens (tertiary/aromatic N) is 1. The summed E-state index contributed by atoms with van der Waals surface area (Å²) in [6.45, 7) is 2.09. The highest BCUT2D eigenvalue weighted by atomic mass is 35.5. The first-order chi connectivity index (χ1) is 9.65. The number of carbonyl (C=O) groups excluding carboxylic acids is 2. The van der Waals surface area contributed by atoms with Gasteiger partial charge in [0.05, 0.1) is 5.92 Å². The van der Waals surface area contributed by atoms with Crippen molar-refractivity contribution in [3.05, 3.63) is 29.3 Å².